The van der Waals surface area contributed by atoms with Gasteiger partial charge in [0.1, 0.15) is 25.9 Å². The van der Waals surface area contributed by atoms with Crippen LogP contribution in [0.3, 0.4) is 0 Å². The molecular weight excluding hydrogens is 685 g/mol. The number of hydrogen-bond donors (Lipinski definition) is 1. The summed E-state index contributed by atoms with van der Waals surface area (Å²) in [6.45, 7) is 5.47. The number of likely N-dealkylation sites (N-methyl/N-ethyl adjacent to an activating group) is 1. The van der Waals surface area contributed by atoms with Crippen molar-refractivity contribution in [3.63, 3.8) is 0 Å². The number of carbonyl (C=O) groups is 1. The SMILES string of the molecule is CCCCC/C=C\C/C=C\C/C=C\CCCCCCC(=O)OC[C@H](COP(=O)(O)OCC[N+](C)(C)C)OCCCCCCCCCCCCCCCC. The van der Waals surface area contributed by atoms with E-state index in [4.69, 9.17) is 18.5 Å². The minimum absolute atomic E-state index is 0.00912. The second-order valence-electron chi connectivity index (χ2n) is 15.7. The van der Waals surface area contributed by atoms with Gasteiger partial charge in [-0.05, 0) is 51.4 Å². The topological polar surface area (TPSA) is 91.3 Å². The molecule has 0 heterocycles. The molecule has 0 aromatic carbocycles. The van der Waals surface area contributed by atoms with Gasteiger partial charge in [0.2, 0.25) is 0 Å². The fourth-order valence-electron chi connectivity index (χ4n) is 5.77. The number of nitrogens with zero attached hydrogens (tertiary/aromatic N) is 1. The molecule has 0 saturated carbocycles. The molecule has 9 heteroatoms. The van der Waals surface area contributed by atoms with E-state index in [9.17, 15) is 14.3 Å². The monoisotopic (exact) mass is 771 g/mol. The lowest BCUT2D eigenvalue weighted by atomic mass is 10.0. The summed E-state index contributed by atoms with van der Waals surface area (Å²) in [5, 5.41) is 0. The third-order valence-electron chi connectivity index (χ3n) is 9.24. The summed E-state index contributed by atoms with van der Waals surface area (Å²) < 4.78 is 35.0. The predicted octanol–water partition coefficient (Wildman–Crippen LogP) is 12.6. The molecule has 0 saturated heterocycles. The first-order valence-electron chi connectivity index (χ1n) is 21.7. The van der Waals surface area contributed by atoms with Crippen molar-refractivity contribution in [1.29, 1.82) is 0 Å². The van der Waals surface area contributed by atoms with Gasteiger partial charge in [-0.1, -0.05) is 159 Å². The zero-order valence-electron chi connectivity index (χ0n) is 35.3. The van der Waals surface area contributed by atoms with Crippen molar-refractivity contribution in [2.75, 3.05) is 54.1 Å². The smallest absolute Gasteiger partial charge is 0.463 e. The fourth-order valence-corrected chi connectivity index (χ4v) is 6.51. The van der Waals surface area contributed by atoms with Crippen molar-refractivity contribution < 1.29 is 37.3 Å². The minimum atomic E-state index is -4.24. The van der Waals surface area contributed by atoms with Crippen LogP contribution in [0, 0.1) is 0 Å². The molecule has 0 rings (SSSR count). The zero-order valence-corrected chi connectivity index (χ0v) is 36.1. The number of allylic oxidation sites excluding steroid dienone is 6. The van der Waals surface area contributed by atoms with Crippen LogP contribution in [0.25, 0.3) is 0 Å². The highest BCUT2D eigenvalue weighted by Gasteiger charge is 2.25. The van der Waals surface area contributed by atoms with E-state index in [1.54, 1.807) is 0 Å². The first-order chi connectivity index (χ1) is 25.6. The number of hydrogen-bond acceptors (Lipinski definition) is 6. The maximum Gasteiger partial charge on any atom is 0.472 e. The van der Waals surface area contributed by atoms with Crippen LogP contribution < -0.4 is 0 Å². The molecule has 0 aromatic rings. The number of esters is 1. The standard InChI is InChI=1S/C44H84NO7P/c1-6-8-10-12-14-16-18-20-22-23-24-25-27-29-31-33-35-37-44(46)50-41-43(42-52-53(47,48)51-40-38-45(3,4)5)49-39-36-34-32-30-28-26-21-19-17-15-13-11-9-7-2/h14,16,20,22,24-25,43H,6-13,15,17-19,21,23,26-42H2,1-5H3/p+1/b16-14-,22-20-,25-24-/t43-/m1/s1. The van der Waals surface area contributed by atoms with E-state index < -0.39 is 13.9 Å². The molecule has 0 spiro atoms. The van der Waals surface area contributed by atoms with Crippen LogP contribution in [-0.4, -0.2) is 75.6 Å². The second-order valence-corrected chi connectivity index (χ2v) is 17.2. The van der Waals surface area contributed by atoms with Crippen LogP contribution in [0.5, 0.6) is 0 Å². The molecule has 2 atom stereocenters. The number of phosphoric ester groups is 1. The Bertz CT molecular complexity index is 947. The van der Waals surface area contributed by atoms with E-state index in [-0.39, 0.29) is 25.8 Å². The molecule has 0 aliphatic heterocycles. The lowest BCUT2D eigenvalue weighted by Crippen LogP contribution is -2.37. The average Bonchev–Trinajstić information content (AvgIpc) is 3.11. The van der Waals surface area contributed by atoms with E-state index in [0.717, 1.165) is 57.8 Å². The minimum Gasteiger partial charge on any atom is -0.463 e. The van der Waals surface area contributed by atoms with Crippen LogP contribution in [0.4, 0.5) is 0 Å². The van der Waals surface area contributed by atoms with Crippen molar-refractivity contribution in [1.82, 2.24) is 0 Å². The maximum atomic E-state index is 12.5. The third-order valence-corrected chi connectivity index (χ3v) is 10.2. The Labute approximate surface area is 327 Å². The van der Waals surface area contributed by atoms with Crippen molar-refractivity contribution in [3.8, 4) is 0 Å². The quantitative estimate of drug-likeness (QED) is 0.0218. The van der Waals surface area contributed by atoms with Gasteiger partial charge in [0.15, 0.2) is 0 Å². The van der Waals surface area contributed by atoms with Crippen LogP contribution in [0.2, 0.25) is 0 Å². The Morgan fingerprint density at radius 3 is 1.58 bits per heavy atom. The molecule has 8 nitrogen and oxygen atoms in total. The van der Waals surface area contributed by atoms with Gasteiger partial charge in [0.25, 0.3) is 0 Å². The van der Waals surface area contributed by atoms with E-state index in [2.05, 4.69) is 50.3 Å². The Hall–Kier alpha value is -1.28. The Balaban J connectivity index is 4.27. The van der Waals surface area contributed by atoms with Gasteiger partial charge in [0.05, 0.1) is 27.7 Å². The van der Waals surface area contributed by atoms with E-state index in [1.165, 1.54) is 103 Å². The molecule has 1 unspecified atom stereocenters. The molecule has 0 fully saturated rings. The summed E-state index contributed by atoms with van der Waals surface area (Å²) >= 11 is 0. The van der Waals surface area contributed by atoms with Gasteiger partial charge in [-0.2, -0.15) is 0 Å². The van der Waals surface area contributed by atoms with Gasteiger partial charge < -0.3 is 18.9 Å². The number of unbranched alkanes of at least 4 members (excludes halogenated alkanes) is 20. The summed E-state index contributed by atoms with van der Waals surface area (Å²) in [4.78, 5) is 22.7. The lowest BCUT2D eigenvalue weighted by Gasteiger charge is -2.24. The normalized spacial score (nSPS) is 14.2. The van der Waals surface area contributed by atoms with Crippen molar-refractivity contribution in [2.45, 2.75) is 187 Å². The Kier molecular flexibility index (Phi) is 36.7. The molecular formula is C44H85NO7P+. The molecule has 0 bridgehead atoms. The number of ether oxygens (including phenoxy) is 2. The second kappa shape index (κ2) is 37.6. The summed E-state index contributed by atoms with van der Waals surface area (Å²) in [6.07, 6.45) is 43.2. The van der Waals surface area contributed by atoms with Gasteiger partial charge in [-0.3, -0.25) is 13.8 Å². The van der Waals surface area contributed by atoms with Gasteiger partial charge in [0, 0.05) is 13.0 Å². The zero-order chi connectivity index (χ0) is 39.1. The Morgan fingerprint density at radius 1 is 0.585 bits per heavy atom. The van der Waals surface area contributed by atoms with Crippen LogP contribution in [-0.2, 0) is 27.9 Å². The molecule has 0 aromatic heterocycles. The first-order valence-corrected chi connectivity index (χ1v) is 23.2. The lowest BCUT2D eigenvalue weighted by molar-refractivity contribution is -0.870. The van der Waals surface area contributed by atoms with Crippen molar-refractivity contribution >= 4 is 13.8 Å². The van der Waals surface area contributed by atoms with Gasteiger partial charge in [-0.15, -0.1) is 0 Å². The van der Waals surface area contributed by atoms with Gasteiger partial charge in [-0.25, -0.2) is 4.57 Å². The summed E-state index contributed by atoms with van der Waals surface area (Å²) in [6, 6.07) is 0. The van der Waals surface area contributed by atoms with Crippen molar-refractivity contribution in [2.24, 2.45) is 0 Å². The van der Waals surface area contributed by atoms with E-state index in [1.807, 2.05) is 21.1 Å². The summed E-state index contributed by atoms with van der Waals surface area (Å²) in [5.41, 5.74) is 0. The fraction of sp³-hybridized carbons (Fsp3) is 0.841. The highest BCUT2D eigenvalue weighted by atomic mass is 31.2. The van der Waals surface area contributed by atoms with Crippen LogP contribution in [0.15, 0.2) is 36.5 Å². The Morgan fingerprint density at radius 2 is 1.04 bits per heavy atom. The number of phosphoric acid groups is 1. The molecule has 0 amide bonds. The molecule has 0 aliphatic rings. The van der Waals surface area contributed by atoms with E-state index in [0.29, 0.717) is 24.1 Å². The molecule has 312 valence electrons. The van der Waals surface area contributed by atoms with Crippen LogP contribution >= 0.6 is 7.82 Å². The molecule has 53 heavy (non-hydrogen) atoms. The number of quaternary nitrogens is 1. The van der Waals surface area contributed by atoms with E-state index >= 15 is 0 Å². The number of rotatable bonds is 40. The number of carbonyl (C=O) groups excluding carboxylic acids is 1. The summed E-state index contributed by atoms with van der Waals surface area (Å²) in [5.74, 6) is -0.274. The molecule has 1 N–H and O–H groups in total. The maximum absolute atomic E-state index is 12.5. The average molecular weight is 771 g/mol. The van der Waals surface area contributed by atoms with Crippen LogP contribution in [0.1, 0.15) is 181 Å². The highest BCUT2D eigenvalue weighted by molar-refractivity contribution is 7.47. The first kappa shape index (κ1) is 51.7. The van der Waals surface area contributed by atoms with Crippen molar-refractivity contribution in [3.05, 3.63) is 36.5 Å². The largest absolute Gasteiger partial charge is 0.472 e. The summed E-state index contributed by atoms with van der Waals surface area (Å²) in [7, 11) is 1.70. The predicted molar refractivity (Wildman–Crippen MR) is 224 cm³/mol. The van der Waals surface area contributed by atoms with Gasteiger partial charge >= 0.3 is 13.8 Å². The third kappa shape index (κ3) is 41.7. The molecule has 0 radical (unpaired) electrons. The highest BCUT2D eigenvalue weighted by Crippen LogP contribution is 2.43. The molecule has 0 aliphatic carbocycles.